The van der Waals surface area contributed by atoms with Crippen LogP contribution in [0.4, 0.5) is 14.9 Å². The number of hydrogen-bond acceptors (Lipinski definition) is 3. The summed E-state index contributed by atoms with van der Waals surface area (Å²) in [6, 6.07) is 4.32. The molecule has 2 fully saturated rings. The molecule has 2 unspecified atom stereocenters. The fraction of sp³-hybridized carbons (Fsp3) is 0.333. The average molecular weight is 249 g/mol. The number of nitrogens with zero attached hydrogens (tertiary/aromatic N) is 1. The molecule has 0 aliphatic carbocycles. The van der Waals surface area contributed by atoms with E-state index in [2.05, 4.69) is 10.6 Å². The molecule has 2 saturated heterocycles. The van der Waals surface area contributed by atoms with Crippen LogP contribution in [0.25, 0.3) is 0 Å². The lowest BCUT2D eigenvalue weighted by Crippen LogP contribution is -2.63. The van der Waals surface area contributed by atoms with Crippen LogP contribution in [0.2, 0.25) is 0 Å². The van der Waals surface area contributed by atoms with E-state index in [1.165, 1.54) is 24.3 Å². The minimum atomic E-state index is -0.448. The van der Waals surface area contributed by atoms with Crippen LogP contribution in [0.1, 0.15) is 6.42 Å². The zero-order valence-electron chi connectivity index (χ0n) is 9.52. The topological polar surface area (TPSA) is 61.4 Å². The second-order valence-electron chi connectivity index (χ2n) is 4.43. The number of nitrogens with one attached hydrogen (secondary N) is 2. The third kappa shape index (κ3) is 1.65. The van der Waals surface area contributed by atoms with Gasteiger partial charge in [-0.1, -0.05) is 0 Å². The Morgan fingerprint density at radius 2 is 1.94 bits per heavy atom. The van der Waals surface area contributed by atoms with E-state index in [0.29, 0.717) is 12.2 Å². The van der Waals surface area contributed by atoms with Crippen LogP contribution in [-0.2, 0) is 4.79 Å². The second kappa shape index (κ2) is 4.06. The van der Waals surface area contributed by atoms with Crippen LogP contribution >= 0.6 is 0 Å². The summed E-state index contributed by atoms with van der Waals surface area (Å²) in [5, 5.41) is 5.84. The standard InChI is InChI=1S/C12H12FN3O2/c13-7-1-3-8(4-2-7)16-11(17)10-9(5-6-14-10)15-12(16)18/h1-4,9-10,14H,5-6H2,(H,15,18). The summed E-state index contributed by atoms with van der Waals surface area (Å²) in [7, 11) is 0. The third-order valence-electron chi connectivity index (χ3n) is 3.31. The number of rotatable bonds is 1. The SMILES string of the molecule is O=C1NC2CCNC2C(=O)N1c1ccc(F)cc1. The Bertz CT molecular complexity index is 503. The van der Waals surface area contributed by atoms with Gasteiger partial charge in [-0.3, -0.25) is 4.79 Å². The number of urea groups is 1. The lowest BCUT2D eigenvalue weighted by molar-refractivity contribution is -0.120. The van der Waals surface area contributed by atoms with Gasteiger partial charge < -0.3 is 10.6 Å². The van der Waals surface area contributed by atoms with Crippen molar-refractivity contribution < 1.29 is 14.0 Å². The number of hydrogen-bond donors (Lipinski definition) is 2. The van der Waals surface area contributed by atoms with Gasteiger partial charge in [-0.15, -0.1) is 0 Å². The van der Waals surface area contributed by atoms with Gasteiger partial charge in [-0.05, 0) is 37.2 Å². The molecule has 18 heavy (non-hydrogen) atoms. The lowest BCUT2D eigenvalue weighted by atomic mass is 10.1. The van der Waals surface area contributed by atoms with E-state index >= 15 is 0 Å². The first-order chi connectivity index (χ1) is 8.66. The predicted octanol–water partition coefficient (Wildman–Crippen LogP) is 0.612. The fourth-order valence-electron chi connectivity index (χ4n) is 2.42. The van der Waals surface area contributed by atoms with Gasteiger partial charge in [-0.2, -0.15) is 0 Å². The Kier molecular flexibility index (Phi) is 2.52. The summed E-state index contributed by atoms with van der Waals surface area (Å²) in [6.45, 7) is 0.707. The summed E-state index contributed by atoms with van der Waals surface area (Å²) in [4.78, 5) is 25.2. The lowest BCUT2D eigenvalue weighted by Gasteiger charge is -2.33. The van der Waals surface area contributed by atoms with Gasteiger partial charge in [0.05, 0.1) is 11.7 Å². The zero-order chi connectivity index (χ0) is 12.7. The molecule has 0 bridgehead atoms. The van der Waals surface area contributed by atoms with Gasteiger partial charge in [0, 0.05) is 0 Å². The molecule has 0 aromatic heterocycles. The Balaban J connectivity index is 1.93. The van der Waals surface area contributed by atoms with E-state index in [1.807, 2.05) is 0 Å². The summed E-state index contributed by atoms with van der Waals surface area (Å²) in [5.74, 6) is -0.687. The summed E-state index contributed by atoms with van der Waals surface area (Å²) < 4.78 is 12.8. The third-order valence-corrected chi connectivity index (χ3v) is 3.31. The molecule has 2 heterocycles. The van der Waals surface area contributed by atoms with Gasteiger partial charge >= 0.3 is 6.03 Å². The van der Waals surface area contributed by atoms with Gasteiger partial charge in [0.25, 0.3) is 5.91 Å². The van der Waals surface area contributed by atoms with Crippen LogP contribution in [0.15, 0.2) is 24.3 Å². The minimum absolute atomic E-state index is 0.137. The highest BCUT2D eigenvalue weighted by Gasteiger charge is 2.43. The number of anilines is 1. The van der Waals surface area contributed by atoms with E-state index in [4.69, 9.17) is 0 Å². The van der Waals surface area contributed by atoms with Crippen LogP contribution in [0.5, 0.6) is 0 Å². The summed E-state index contributed by atoms with van der Waals surface area (Å²) in [6.07, 6.45) is 0.749. The van der Waals surface area contributed by atoms with Crippen molar-refractivity contribution in [3.63, 3.8) is 0 Å². The van der Waals surface area contributed by atoms with E-state index in [-0.39, 0.29) is 18.0 Å². The highest BCUT2D eigenvalue weighted by molar-refractivity contribution is 6.18. The predicted molar refractivity (Wildman–Crippen MR) is 62.6 cm³/mol. The summed E-state index contributed by atoms with van der Waals surface area (Å²) in [5.41, 5.74) is 0.381. The molecule has 3 rings (SSSR count). The van der Waals surface area contributed by atoms with Crippen molar-refractivity contribution >= 4 is 17.6 Å². The first-order valence-corrected chi connectivity index (χ1v) is 5.80. The Morgan fingerprint density at radius 1 is 1.22 bits per heavy atom. The number of benzene rings is 1. The molecule has 94 valence electrons. The van der Waals surface area contributed by atoms with E-state index in [9.17, 15) is 14.0 Å². The quantitative estimate of drug-likeness (QED) is 0.766. The van der Waals surface area contributed by atoms with E-state index in [1.54, 1.807) is 0 Å². The molecule has 2 N–H and O–H groups in total. The van der Waals surface area contributed by atoms with Crippen molar-refractivity contribution in [3.8, 4) is 0 Å². The van der Waals surface area contributed by atoms with Gasteiger partial charge in [-0.25, -0.2) is 14.1 Å². The van der Waals surface area contributed by atoms with Crippen molar-refractivity contribution in [3.05, 3.63) is 30.1 Å². The maximum atomic E-state index is 12.8. The number of carbonyl (C=O) groups excluding carboxylic acids is 2. The van der Waals surface area contributed by atoms with Crippen molar-refractivity contribution in [2.75, 3.05) is 11.4 Å². The van der Waals surface area contributed by atoms with Crippen molar-refractivity contribution in [1.29, 1.82) is 0 Å². The van der Waals surface area contributed by atoms with Crippen molar-refractivity contribution in [1.82, 2.24) is 10.6 Å². The van der Waals surface area contributed by atoms with E-state index in [0.717, 1.165) is 11.3 Å². The molecule has 2 atom stereocenters. The highest BCUT2D eigenvalue weighted by Crippen LogP contribution is 2.22. The first-order valence-electron chi connectivity index (χ1n) is 5.80. The van der Waals surface area contributed by atoms with Gasteiger partial charge in [0.15, 0.2) is 0 Å². The normalized spacial score (nSPS) is 27.1. The first kappa shape index (κ1) is 11.2. The van der Waals surface area contributed by atoms with Crippen molar-refractivity contribution in [2.45, 2.75) is 18.5 Å². The molecule has 1 aromatic carbocycles. The van der Waals surface area contributed by atoms with Crippen LogP contribution in [0, 0.1) is 5.82 Å². The monoisotopic (exact) mass is 249 g/mol. The molecular formula is C12H12FN3O2. The number of halogens is 1. The molecule has 0 spiro atoms. The fourth-order valence-corrected chi connectivity index (χ4v) is 2.42. The Labute approximate surface area is 103 Å². The van der Waals surface area contributed by atoms with Crippen LogP contribution < -0.4 is 15.5 Å². The maximum absolute atomic E-state index is 12.8. The average Bonchev–Trinajstić information content (AvgIpc) is 2.80. The molecule has 6 heteroatoms. The number of carbonyl (C=O) groups is 2. The molecular weight excluding hydrogens is 237 g/mol. The number of imide groups is 1. The van der Waals surface area contributed by atoms with E-state index < -0.39 is 11.8 Å². The van der Waals surface area contributed by atoms with Gasteiger partial charge in [0.1, 0.15) is 11.9 Å². The molecule has 1 aromatic rings. The molecule has 5 nitrogen and oxygen atoms in total. The molecule has 3 amide bonds. The molecule has 0 saturated carbocycles. The van der Waals surface area contributed by atoms with Gasteiger partial charge in [0.2, 0.25) is 0 Å². The summed E-state index contributed by atoms with van der Waals surface area (Å²) >= 11 is 0. The smallest absolute Gasteiger partial charge is 0.329 e. The number of amides is 3. The van der Waals surface area contributed by atoms with Crippen LogP contribution in [-0.4, -0.2) is 30.6 Å². The number of fused-ring (bicyclic) bond motifs is 1. The van der Waals surface area contributed by atoms with Crippen molar-refractivity contribution in [2.24, 2.45) is 0 Å². The highest BCUT2D eigenvalue weighted by atomic mass is 19.1. The molecule has 2 aliphatic rings. The molecule has 2 aliphatic heterocycles. The zero-order valence-corrected chi connectivity index (χ0v) is 9.52. The molecule has 0 radical (unpaired) electrons. The van der Waals surface area contributed by atoms with Crippen LogP contribution in [0.3, 0.4) is 0 Å². The Morgan fingerprint density at radius 3 is 2.67 bits per heavy atom. The second-order valence-corrected chi connectivity index (χ2v) is 4.43. The minimum Gasteiger partial charge on any atom is -0.332 e. The maximum Gasteiger partial charge on any atom is 0.329 e. The largest absolute Gasteiger partial charge is 0.332 e. The Hall–Kier alpha value is -1.95.